The van der Waals surface area contributed by atoms with E-state index in [-0.39, 0.29) is 0 Å². The van der Waals surface area contributed by atoms with Gasteiger partial charge in [-0.3, -0.25) is 4.79 Å². The first-order valence-corrected chi connectivity index (χ1v) is 6.59. The van der Waals surface area contributed by atoms with E-state index in [2.05, 4.69) is 30.3 Å². The van der Waals surface area contributed by atoms with Crippen molar-refractivity contribution >= 4 is 5.78 Å². The molecule has 0 aromatic heterocycles. The average molecular weight is 226 g/mol. The van der Waals surface area contributed by atoms with Crippen LogP contribution < -0.4 is 0 Å². The predicted octanol–water partition coefficient (Wildman–Crippen LogP) is 4.00. The maximum atomic E-state index is 11.4. The van der Waals surface area contributed by atoms with Crippen LogP contribution in [0.1, 0.15) is 50.0 Å². The lowest BCUT2D eigenvalue weighted by atomic mass is 9.75. The standard InChI is InChI=1S/C16H18O/c17-16-9-8-14-10-13(6-7-15(14)11-16)12-4-2-1-3-5-12/h1-5,13H,6-11H2/t13-/m0/s1. The summed E-state index contributed by atoms with van der Waals surface area (Å²) >= 11 is 0. The van der Waals surface area contributed by atoms with Gasteiger partial charge in [0.25, 0.3) is 0 Å². The Labute approximate surface area is 103 Å². The maximum absolute atomic E-state index is 11.4. The van der Waals surface area contributed by atoms with Crippen LogP contribution in [0.5, 0.6) is 0 Å². The van der Waals surface area contributed by atoms with Crippen molar-refractivity contribution in [3.05, 3.63) is 47.0 Å². The smallest absolute Gasteiger partial charge is 0.137 e. The quantitative estimate of drug-likeness (QED) is 0.661. The number of carbonyl (C=O) groups is 1. The summed E-state index contributed by atoms with van der Waals surface area (Å²) in [7, 11) is 0. The fourth-order valence-corrected chi connectivity index (χ4v) is 3.19. The summed E-state index contributed by atoms with van der Waals surface area (Å²) in [6, 6.07) is 10.8. The molecule has 17 heavy (non-hydrogen) atoms. The lowest BCUT2D eigenvalue weighted by Gasteiger charge is -2.30. The maximum Gasteiger partial charge on any atom is 0.137 e. The highest BCUT2D eigenvalue weighted by Crippen LogP contribution is 2.41. The molecule has 0 heterocycles. The molecule has 3 rings (SSSR count). The minimum atomic E-state index is 0.446. The van der Waals surface area contributed by atoms with Gasteiger partial charge in [-0.1, -0.05) is 41.5 Å². The molecule has 0 spiro atoms. The van der Waals surface area contributed by atoms with Gasteiger partial charge in [0.1, 0.15) is 5.78 Å². The molecular formula is C16H18O. The Kier molecular flexibility index (Phi) is 2.84. The van der Waals surface area contributed by atoms with Crippen LogP contribution in [0.4, 0.5) is 0 Å². The molecule has 1 atom stereocenters. The topological polar surface area (TPSA) is 17.1 Å². The number of Topliss-reactive ketones (excluding diaryl/α,β-unsaturated/α-hetero) is 1. The second-order valence-corrected chi connectivity index (χ2v) is 5.27. The van der Waals surface area contributed by atoms with Crippen molar-refractivity contribution in [2.75, 3.05) is 0 Å². The third-order valence-corrected chi connectivity index (χ3v) is 4.17. The van der Waals surface area contributed by atoms with E-state index in [1.54, 1.807) is 5.57 Å². The van der Waals surface area contributed by atoms with Gasteiger partial charge < -0.3 is 0 Å². The number of allylic oxidation sites excluding steroid dienone is 2. The first kappa shape index (κ1) is 10.8. The SMILES string of the molecule is O=C1CCC2=C(CC[C@H](c3ccccc3)C2)C1. The van der Waals surface area contributed by atoms with E-state index >= 15 is 0 Å². The van der Waals surface area contributed by atoms with Crippen molar-refractivity contribution < 1.29 is 4.79 Å². The highest BCUT2D eigenvalue weighted by atomic mass is 16.1. The van der Waals surface area contributed by atoms with Crippen LogP contribution in [0.15, 0.2) is 41.5 Å². The molecule has 0 N–H and O–H groups in total. The molecule has 0 radical (unpaired) electrons. The number of benzene rings is 1. The summed E-state index contributed by atoms with van der Waals surface area (Å²) < 4.78 is 0. The summed E-state index contributed by atoms with van der Waals surface area (Å²) in [6.45, 7) is 0. The highest BCUT2D eigenvalue weighted by Gasteiger charge is 2.26. The van der Waals surface area contributed by atoms with Crippen molar-refractivity contribution in [2.24, 2.45) is 0 Å². The van der Waals surface area contributed by atoms with Crippen LogP contribution in [0.25, 0.3) is 0 Å². The van der Waals surface area contributed by atoms with Crippen molar-refractivity contribution in [2.45, 2.75) is 44.4 Å². The van der Waals surface area contributed by atoms with Gasteiger partial charge in [0.2, 0.25) is 0 Å². The third-order valence-electron chi connectivity index (χ3n) is 4.17. The van der Waals surface area contributed by atoms with Crippen molar-refractivity contribution in [1.29, 1.82) is 0 Å². The van der Waals surface area contributed by atoms with Gasteiger partial charge in [0.05, 0.1) is 0 Å². The highest BCUT2D eigenvalue weighted by molar-refractivity contribution is 5.82. The molecule has 0 bridgehead atoms. The van der Waals surface area contributed by atoms with Crippen LogP contribution in [0.3, 0.4) is 0 Å². The van der Waals surface area contributed by atoms with Crippen molar-refractivity contribution in [1.82, 2.24) is 0 Å². The van der Waals surface area contributed by atoms with E-state index in [1.807, 2.05) is 0 Å². The number of ketones is 1. The number of hydrogen-bond donors (Lipinski definition) is 0. The molecular weight excluding hydrogens is 208 g/mol. The van der Waals surface area contributed by atoms with Crippen LogP contribution >= 0.6 is 0 Å². The third kappa shape index (κ3) is 2.19. The van der Waals surface area contributed by atoms with Crippen LogP contribution in [-0.2, 0) is 4.79 Å². The van der Waals surface area contributed by atoms with Gasteiger partial charge in [0.15, 0.2) is 0 Å². The molecule has 0 saturated heterocycles. The average Bonchev–Trinajstić information content (AvgIpc) is 2.39. The second-order valence-electron chi connectivity index (χ2n) is 5.27. The van der Waals surface area contributed by atoms with Crippen molar-refractivity contribution in [3.63, 3.8) is 0 Å². The molecule has 1 aromatic carbocycles. The summed E-state index contributed by atoms with van der Waals surface area (Å²) in [5.74, 6) is 1.13. The summed E-state index contributed by atoms with van der Waals surface area (Å²) in [6.07, 6.45) is 6.10. The molecule has 0 aliphatic heterocycles. The molecule has 1 nitrogen and oxygen atoms in total. The Bertz CT molecular complexity index is 456. The Morgan fingerprint density at radius 3 is 2.59 bits per heavy atom. The Hall–Kier alpha value is -1.37. The molecule has 2 aliphatic rings. The van der Waals surface area contributed by atoms with E-state index in [1.165, 1.54) is 24.0 Å². The lowest BCUT2D eigenvalue weighted by molar-refractivity contribution is -0.118. The zero-order chi connectivity index (χ0) is 11.7. The molecule has 88 valence electrons. The molecule has 1 aromatic rings. The van der Waals surface area contributed by atoms with E-state index in [9.17, 15) is 4.79 Å². The monoisotopic (exact) mass is 226 g/mol. The zero-order valence-corrected chi connectivity index (χ0v) is 10.1. The molecule has 0 saturated carbocycles. The zero-order valence-electron chi connectivity index (χ0n) is 10.1. The van der Waals surface area contributed by atoms with E-state index in [0.29, 0.717) is 11.7 Å². The minimum absolute atomic E-state index is 0.446. The normalized spacial score (nSPS) is 24.7. The molecule has 0 unspecified atom stereocenters. The Morgan fingerprint density at radius 1 is 0.941 bits per heavy atom. The van der Waals surface area contributed by atoms with Crippen LogP contribution in [-0.4, -0.2) is 5.78 Å². The van der Waals surface area contributed by atoms with Gasteiger partial charge in [0, 0.05) is 12.8 Å². The Balaban J connectivity index is 1.80. The van der Waals surface area contributed by atoms with Gasteiger partial charge in [-0.25, -0.2) is 0 Å². The fraction of sp³-hybridized carbons (Fsp3) is 0.438. The van der Waals surface area contributed by atoms with Crippen LogP contribution in [0, 0.1) is 0 Å². The Morgan fingerprint density at radius 2 is 1.76 bits per heavy atom. The first-order chi connectivity index (χ1) is 8.33. The minimum Gasteiger partial charge on any atom is -0.299 e. The number of rotatable bonds is 1. The fourth-order valence-electron chi connectivity index (χ4n) is 3.19. The van der Waals surface area contributed by atoms with Gasteiger partial charge >= 0.3 is 0 Å². The largest absolute Gasteiger partial charge is 0.299 e. The van der Waals surface area contributed by atoms with E-state index in [0.717, 1.165) is 25.7 Å². The van der Waals surface area contributed by atoms with Gasteiger partial charge in [-0.05, 0) is 37.2 Å². The molecule has 1 heteroatoms. The van der Waals surface area contributed by atoms with Crippen molar-refractivity contribution in [3.8, 4) is 0 Å². The number of carbonyl (C=O) groups excluding carboxylic acids is 1. The number of hydrogen-bond acceptors (Lipinski definition) is 1. The van der Waals surface area contributed by atoms with Gasteiger partial charge in [-0.15, -0.1) is 0 Å². The summed E-state index contributed by atoms with van der Waals surface area (Å²) in [4.78, 5) is 11.4. The van der Waals surface area contributed by atoms with E-state index in [4.69, 9.17) is 0 Å². The summed E-state index contributed by atoms with van der Waals surface area (Å²) in [5, 5.41) is 0. The molecule has 2 aliphatic carbocycles. The van der Waals surface area contributed by atoms with E-state index < -0.39 is 0 Å². The first-order valence-electron chi connectivity index (χ1n) is 6.59. The van der Waals surface area contributed by atoms with Gasteiger partial charge in [-0.2, -0.15) is 0 Å². The lowest BCUT2D eigenvalue weighted by Crippen LogP contribution is -2.16. The molecule has 0 amide bonds. The predicted molar refractivity (Wildman–Crippen MR) is 68.9 cm³/mol. The summed E-state index contributed by atoms with van der Waals surface area (Å²) in [5.41, 5.74) is 4.52. The van der Waals surface area contributed by atoms with Crippen LogP contribution in [0.2, 0.25) is 0 Å². The second kappa shape index (κ2) is 4.48. The molecule has 0 fully saturated rings.